The van der Waals surface area contributed by atoms with Crippen LogP contribution >= 0.6 is 11.6 Å². The van der Waals surface area contributed by atoms with E-state index in [4.69, 9.17) is 11.6 Å². The zero-order chi connectivity index (χ0) is 18.7. The minimum absolute atomic E-state index is 0.0790. The van der Waals surface area contributed by atoms with Crippen LogP contribution in [0.25, 0.3) is 0 Å². The topological polar surface area (TPSA) is 70.2 Å². The van der Waals surface area contributed by atoms with Gasteiger partial charge in [0.1, 0.15) is 6.04 Å². The molecule has 26 heavy (non-hydrogen) atoms. The fourth-order valence-corrected chi connectivity index (χ4v) is 2.70. The van der Waals surface area contributed by atoms with Crippen molar-refractivity contribution in [2.24, 2.45) is 5.92 Å². The molecule has 1 aliphatic carbocycles. The first-order valence-corrected chi connectivity index (χ1v) is 9.04. The maximum atomic E-state index is 12.4. The van der Waals surface area contributed by atoms with Crippen LogP contribution in [0.2, 0.25) is 5.02 Å². The van der Waals surface area contributed by atoms with Crippen LogP contribution in [0.4, 0.5) is 17.1 Å². The zero-order valence-electron chi connectivity index (χ0n) is 14.8. The summed E-state index contributed by atoms with van der Waals surface area (Å²) < 4.78 is 0. The van der Waals surface area contributed by atoms with Gasteiger partial charge >= 0.3 is 0 Å². The molecule has 0 aromatic heterocycles. The Labute approximate surface area is 158 Å². The summed E-state index contributed by atoms with van der Waals surface area (Å²) >= 11 is 5.99. The predicted molar refractivity (Wildman–Crippen MR) is 106 cm³/mol. The first-order chi connectivity index (χ1) is 12.4. The van der Waals surface area contributed by atoms with Crippen molar-refractivity contribution in [1.29, 1.82) is 0 Å². The Balaban J connectivity index is 1.56. The number of nitrogens with one attached hydrogen (secondary N) is 3. The van der Waals surface area contributed by atoms with E-state index in [1.54, 1.807) is 19.1 Å². The highest BCUT2D eigenvalue weighted by molar-refractivity contribution is 6.31. The van der Waals surface area contributed by atoms with Gasteiger partial charge in [0, 0.05) is 28.0 Å². The Morgan fingerprint density at radius 3 is 2.35 bits per heavy atom. The molecule has 0 aliphatic heterocycles. The molecule has 3 rings (SSSR count). The monoisotopic (exact) mass is 371 g/mol. The van der Waals surface area contributed by atoms with Crippen molar-refractivity contribution in [2.45, 2.75) is 32.7 Å². The van der Waals surface area contributed by atoms with Crippen molar-refractivity contribution in [3.05, 3.63) is 53.1 Å². The summed E-state index contributed by atoms with van der Waals surface area (Å²) in [5.74, 6) is 0.100. The second-order valence-electron chi connectivity index (χ2n) is 6.66. The lowest BCUT2D eigenvalue weighted by Crippen LogP contribution is -2.32. The number of hydrogen-bond acceptors (Lipinski definition) is 3. The van der Waals surface area contributed by atoms with Crippen LogP contribution in [0.3, 0.4) is 0 Å². The molecule has 136 valence electrons. The van der Waals surface area contributed by atoms with Crippen molar-refractivity contribution in [2.75, 3.05) is 16.0 Å². The minimum atomic E-state index is -0.430. The number of amides is 2. The molecule has 0 spiro atoms. The lowest BCUT2D eigenvalue weighted by Gasteiger charge is -2.17. The summed E-state index contributed by atoms with van der Waals surface area (Å²) in [7, 11) is 0. The highest BCUT2D eigenvalue weighted by Crippen LogP contribution is 2.30. The number of carbonyl (C=O) groups excluding carboxylic acids is 2. The van der Waals surface area contributed by atoms with Crippen LogP contribution in [-0.2, 0) is 9.59 Å². The van der Waals surface area contributed by atoms with Crippen molar-refractivity contribution in [3.8, 4) is 0 Å². The molecule has 1 saturated carbocycles. The molecule has 1 aliphatic rings. The van der Waals surface area contributed by atoms with E-state index in [-0.39, 0.29) is 17.7 Å². The molecule has 0 radical (unpaired) electrons. The SMILES string of the molecule is Cc1ccc(Cl)cc1NC(=O)C(C)Nc1ccc(NC(=O)C2CC2)cc1. The van der Waals surface area contributed by atoms with Gasteiger partial charge in [-0.1, -0.05) is 17.7 Å². The lowest BCUT2D eigenvalue weighted by atomic mass is 10.2. The molecule has 2 aromatic carbocycles. The average molecular weight is 372 g/mol. The van der Waals surface area contributed by atoms with Gasteiger partial charge in [0.2, 0.25) is 11.8 Å². The van der Waals surface area contributed by atoms with Crippen molar-refractivity contribution >= 4 is 40.5 Å². The lowest BCUT2D eigenvalue weighted by molar-refractivity contribution is -0.117. The Hall–Kier alpha value is -2.53. The van der Waals surface area contributed by atoms with E-state index in [1.807, 2.05) is 37.3 Å². The van der Waals surface area contributed by atoms with Crippen LogP contribution < -0.4 is 16.0 Å². The van der Waals surface area contributed by atoms with E-state index in [0.717, 1.165) is 29.8 Å². The number of benzene rings is 2. The first kappa shape index (κ1) is 18.3. The van der Waals surface area contributed by atoms with Crippen molar-refractivity contribution in [1.82, 2.24) is 0 Å². The van der Waals surface area contributed by atoms with E-state index >= 15 is 0 Å². The molecule has 1 atom stereocenters. The second-order valence-corrected chi connectivity index (χ2v) is 7.09. The Morgan fingerprint density at radius 2 is 1.69 bits per heavy atom. The van der Waals surface area contributed by atoms with Crippen LogP contribution in [0.1, 0.15) is 25.3 Å². The molecule has 1 fully saturated rings. The summed E-state index contributed by atoms with van der Waals surface area (Å²) in [5, 5.41) is 9.51. The van der Waals surface area contributed by atoms with Gasteiger partial charge in [0.15, 0.2) is 0 Å². The van der Waals surface area contributed by atoms with Gasteiger partial charge in [-0.2, -0.15) is 0 Å². The van der Waals surface area contributed by atoms with Crippen molar-refractivity contribution in [3.63, 3.8) is 0 Å². The van der Waals surface area contributed by atoms with Gasteiger partial charge in [-0.3, -0.25) is 9.59 Å². The summed E-state index contributed by atoms with van der Waals surface area (Å²) in [5.41, 5.74) is 3.22. The fraction of sp³-hybridized carbons (Fsp3) is 0.300. The molecule has 6 heteroatoms. The smallest absolute Gasteiger partial charge is 0.246 e. The third-order valence-corrected chi connectivity index (χ3v) is 4.57. The molecule has 0 heterocycles. The molecule has 0 bridgehead atoms. The largest absolute Gasteiger partial charge is 0.374 e. The molecular weight excluding hydrogens is 350 g/mol. The Morgan fingerprint density at radius 1 is 1.04 bits per heavy atom. The molecule has 1 unspecified atom stereocenters. The number of halogens is 1. The third-order valence-electron chi connectivity index (χ3n) is 4.33. The van der Waals surface area contributed by atoms with Gasteiger partial charge in [0.05, 0.1) is 0 Å². The summed E-state index contributed by atoms with van der Waals surface area (Å²) in [6.45, 7) is 3.71. The fourth-order valence-electron chi connectivity index (χ4n) is 2.53. The van der Waals surface area contributed by atoms with Gasteiger partial charge < -0.3 is 16.0 Å². The van der Waals surface area contributed by atoms with Crippen LogP contribution in [0.15, 0.2) is 42.5 Å². The van der Waals surface area contributed by atoms with E-state index < -0.39 is 6.04 Å². The first-order valence-electron chi connectivity index (χ1n) is 8.67. The molecule has 5 nitrogen and oxygen atoms in total. The van der Waals surface area contributed by atoms with Gasteiger partial charge in [-0.25, -0.2) is 0 Å². The van der Waals surface area contributed by atoms with Crippen molar-refractivity contribution < 1.29 is 9.59 Å². The second kappa shape index (κ2) is 7.79. The number of aryl methyl sites for hydroxylation is 1. The number of carbonyl (C=O) groups is 2. The summed E-state index contributed by atoms with van der Waals surface area (Å²) in [6.07, 6.45) is 1.95. The highest BCUT2D eigenvalue weighted by Gasteiger charge is 2.29. The molecule has 2 aromatic rings. The van der Waals surface area contributed by atoms with Gasteiger partial charge in [-0.15, -0.1) is 0 Å². The maximum Gasteiger partial charge on any atom is 0.246 e. The average Bonchev–Trinajstić information content (AvgIpc) is 3.45. The maximum absolute atomic E-state index is 12.4. The molecule has 2 amide bonds. The molecule has 0 saturated heterocycles. The van der Waals surface area contributed by atoms with E-state index in [2.05, 4.69) is 16.0 Å². The van der Waals surface area contributed by atoms with E-state index in [0.29, 0.717) is 10.7 Å². The third kappa shape index (κ3) is 4.76. The molecular formula is C20H22ClN3O2. The van der Waals surface area contributed by atoms with Crippen LogP contribution in [-0.4, -0.2) is 17.9 Å². The Bertz CT molecular complexity index is 816. The van der Waals surface area contributed by atoms with E-state index in [9.17, 15) is 9.59 Å². The van der Waals surface area contributed by atoms with Crippen LogP contribution in [0.5, 0.6) is 0 Å². The van der Waals surface area contributed by atoms with E-state index in [1.165, 1.54) is 0 Å². The summed E-state index contributed by atoms with van der Waals surface area (Å²) in [4.78, 5) is 24.2. The normalized spacial score (nSPS) is 14.4. The summed E-state index contributed by atoms with van der Waals surface area (Å²) in [6, 6.07) is 12.3. The zero-order valence-corrected chi connectivity index (χ0v) is 15.6. The number of anilines is 3. The Kier molecular flexibility index (Phi) is 5.47. The van der Waals surface area contributed by atoms with Gasteiger partial charge in [-0.05, 0) is 68.7 Å². The number of hydrogen-bond donors (Lipinski definition) is 3. The van der Waals surface area contributed by atoms with Gasteiger partial charge in [0.25, 0.3) is 0 Å². The standard InChI is InChI=1S/C20H22ClN3O2/c1-12-3-6-15(21)11-18(12)24-19(25)13(2)22-16-7-9-17(10-8-16)23-20(26)14-4-5-14/h3,6-11,13-14,22H,4-5H2,1-2H3,(H,23,26)(H,24,25). The minimum Gasteiger partial charge on any atom is -0.374 e. The predicted octanol–water partition coefficient (Wildman–Crippen LogP) is 4.44. The quantitative estimate of drug-likeness (QED) is 0.703. The highest BCUT2D eigenvalue weighted by atomic mass is 35.5. The van der Waals surface area contributed by atoms with Crippen LogP contribution in [0, 0.1) is 12.8 Å². The molecule has 3 N–H and O–H groups in total. The number of rotatable bonds is 6.